The van der Waals surface area contributed by atoms with Crippen LogP contribution in [-0.4, -0.2) is 270 Å². The molecule has 0 radical (unpaired) electrons. The van der Waals surface area contributed by atoms with Crippen LogP contribution in [-0.2, 0) is 81.3 Å². The molecule has 8 atom stereocenters. The number of nitrogens with one attached hydrogen (secondary N) is 3. The van der Waals surface area contributed by atoms with Gasteiger partial charge in [0.05, 0.1) is 49.9 Å². The van der Waals surface area contributed by atoms with Gasteiger partial charge < -0.3 is 64.8 Å². The average Bonchev–Trinajstić information content (AvgIpc) is 1.73. The molecule has 1 spiro atoms. The van der Waals surface area contributed by atoms with Crippen molar-refractivity contribution in [2.75, 3.05) is 102 Å². The molecular formula is C73H107ClF3N13O13. The number of rotatable bonds is 11. The van der Waals surface area contributed by atoms with E-state index in [1.807, 2.05) is 6.92 Å². The quantitative estimate of drug-likeness (QED) is 0.275. The molecule has 0 unspecified atom stereocenters. The number of alkyl halides is 3. The lowest BCUT2D eigenvalue weighted by Gasteiger charge is -2.43. The van der Waals surface area contributed by atoms with Crippen LogP contribution in [0.5, 0.6) is 0 Å². The molecular weight excluding hydrogens is 1360 g/mol. The van der Waals surface area contributed by atoms with Gasteiger partial charge in [-0.2, -0.15) is 13.2 Å². The third-order valence-corrected chi connectivity index (χ3v) is 22.2. The van der Waals surface area contributed by atoms with Crippen LogP contribution in [0, 0.1) is 17.8 Å². The Bertz CT molecular complexity index is 3350. The molecule has 1 aromatic heterocycles. The lowest BCUT2D eigenvalue weighted by Crippen LogP contribution is -2.66. The lowest BCUT2D eigenvalue weighted by atomic mass is 9.81. The molecule has 2 aromatic rings. The third-order valence-electron chi connectivity index (χ3n) is 21.9. The Kier molecular flexibility index (Phi) is 29.7. The Morgan fingerprint density at radius 3 is 1.89 bits per heavy atom. The van der Waals surface area contributed by atoms with Crippen LogP contribution in [0.4, 0.5) is 13.2 Å². The maximum atomic E-state index is 15.9. The van der Waals surface area contributed by atoms with Gasteiger partial charge in [0.1, 0.15) is 47.8 Å². The number of nitrogens with zero attached hydrogens (tertiary/aromatic N) is 10. The van der Waals surface area contributed by atoms with Crippen molar-refractivity contribution < 1.29 is 75.4 Å². The second kappa shape index (κ2) is 37.2. The van der Waals surface area contributed by atoms with Crippen LogP contribution in [0.25, 0.3) is 0 Å². The number of ether oxygens (including phenoxy) is 1. The molecule has 3 aliphatic carbocycles. The highest BCUT2D eigenvalue weighted by molar-refractivity contribution is 6.31. The lowest BCUT2D eigenvalue weighted by molar-refractivity contribution is -0.157. The number of amides is 12. The van der Waals surface area contributed by atoms with E-state index in [9.17, 15) is 51.5 Å². The summed E-state index contributed by atoms with van der Waals surface area (Å²) in [5.41, 5.74) is -2.02. The molecule has 26 nitrogen and oxygen atoms in total. The number of halogens is 4. The summed E-state index contributed by atoms with van der Waals surface area (Å²) in [4.78, 5) is 194. The minimum Gasteiger partial charge on any atom is -0.378 e. The average molecular weight is 1470 g/mol. The Morgan fingerprint density at radius 1 is 0.670 bits per heavy atom. The number of benzene rings is 1. The zero-order chi connectivity index (χ0) is 75.8. The fourth-order valence-corrected chi connectivity index (χ4v) is 15.2. The van der Waals surface area contributed by atoms with Gasteiger partial charge in [-0.1, -0.05) is 108 Å². The van der Waals surface area contributed by atoms with E-state index in [0.717, 1.165) is 75.2 Å². The molecule has 3 saturated carbocycles. The summed E-state index contributed by atoms with van der Waals surface area (Å²) in [5, 5.41) is 8.02. The van der Waals surface area contributed by atoms with Crippen LogP contribution < -0.4 is 16.0 Å². The molecule has 0 bridgehead atoms. The molecule has 30 heteroatoms. The normalized spacial score (nSPS) is 25.9. The number of morpholine rings is 1. The van der Waals surface area contributed by atoms with E-state index in [0.29, 0.717) is 50.5 Å². The Morgan fingerprint density at radius 2 is 1.29 bits per heavy atom. The van der Waals surface area contributed by atoms with E-state index >= 15 is 19.2 Å². The monoisotopic (exact) mass is 1470 g/mol. The molecule has 570 valence electrons. The topological polar surface area (TPSA) is 292 Å². The van der Waals surface area contributed by atoms with Crippen molar-refractivity contribution in [3.63, 3.8) is 0 Å². The Hall–Kier alpha value is -7.95. The highest BCUT2D eigenvalue weighted by Gasteiger charge is 2.51. The highest BCUT2D eigenvalue weighted by Crippen LogP contribution is 2.38. The number of likely N-dealkylation sites (N-methyl/N-ethyl adjacent to an activating group) is 8. The number of aromatic nitrogens is 1. The number of carbonyl (C=O) groups excluding carboxylic acids is 12. The number of hydrogen-bond donors (Lipinski definition) is 3. The fraction of sp³-hybridized carbons (Fsp3) is 0.685. The smallest absolute Gasteiger partial charge is 0.378 e. The van der Waals surface area contributed by atoms with Crippen LogP contribution in [0.1, 0.15) is 153 Å². The van der Waals surface area contributed by atoms with Gasteiger partial charge in [0.15, 0.2) is 0 Å². The van der Waals surface area contributed by atoms with E-state index in [4.69, 9.17) is 16.3 Å². The van der Waals surface area contributed by atoms with Crippen molar-refractivity contribution in [3.8, 4) is 0 Å². The van der Waals surface area contributed by atoms with Crippen LogP contribution >= 0.6 is 11.6 Å². The summed E-state index contributed by atoms with van der Waals surface area (Å²) in [6.45, 7) is 3.87. The van der Waals surface area contributed by atoms with Crippen molar-refractivity contribution in [2.45, 2.75) is 203 Å². The summed E-state index contributed by atoms with van der Waals surface area (Å²) >= 11 is 6.19. The van der Waals surface area contributed by atoms with Crippen molar-refractivity contribution in [1.82, 2.24) is 65.0 Å². The molecule has 7 rings (SSSR count). The van der Waals surface area contributed by atoms with Crippen LogP contribution in [0.3, 0.4) is 0 Å². The maximum Gasteiger partial charge on any atom is 0.417 e. The van der Waals surface area contributed by atoms with Crippen molar-refractivity contribution in [1.29, 1.82) is 0 Å². The summed E-state index contributed by atoms with van der Waals surface area (Å²) < 4.78 is 47.5. The highest BCUT2D eigenvalue weighted by atomic mass is 35.5. The molecule has 1 aromatic carbocycles. The predicted molar refractivity (Wildman–Crippen MR) is 377 cm³/mol. The van der Waals surface area contributed by atoms with Gasteiger partial charge in [0.2, 0.25) is 70.9 Å². The SMILES string of the molecule is CC[C@H](C)[C@@H]1NC(=O)[C@H](C)N(C)C(=O)C[C@@H](C(=O)N2CCOCC2)N(C)C(=O)[C@H](C2CCCCC2)N(C)C(=O)C2(CCCC2)NC(=O)[C@H](Cc2cccnc2)N(C)C(=O)[C@H](CCc2ccc(C(F)(F)F)c(Cl)c2)NC(=O)CN(C)C(=O)[C@H](CC2CCCCC2)N(C)C(=O)CN(C)C(=O)CN(C)C1=O. The summed E-state index contributed by atoms with van der Waals surface area (Å²) in [6, 6.07) is -2.92. The predicted octanol–water partition coefficient (Wildman–Crippen LogP) is 4.72. The third kappa shape index (κ3) is 21.2. The van der Waals surface area contributed by atoms with Gasteiger partial charge in [0, 0.05) is 88.3 Å². The molecule has 103 heavy (non-hydrogen) atoms. The molecule has 12 amide bonds. The Labute approximate surface area is 608 Å². The van der Waals surface area contributed by atoms with E-state index in [1.165, 1.54) is 101 Å². The summed E-state index contributed by atoms with van der Waals surface area (Å²) in [6.07, 6.45) is 6.29. The molecule has 3 N–H and O–H groups in total. The first kappa shape index (κ1) is 82.3. The zero-order valence-electron chi connectivity index (χ0n) is 61.7. The first-order chi connectivity index (χ1) is 48.7. The molecule has 3 heterocycles. The Balaban J connectivity index is 1.31. The van der Waals surface area contributed by atoms with Gasteiger partial charge in [-0.3, -0.25) is 62.5 Å². The number of aryl methyl sites for hydroxylation is 1. The first-order valence-corrected chi connectivity index (χ1v) is 36.7. The largest absolute Gasteiger partial charge is 0.417 e. The standard InChI is InChI=1S/C73H107ClF3N13O13/c1-12-46(2)62-69(100)84(6)44-60(93)82(4)45-61(94)86(8)56(39-48-22-15-13-16-23-48)67(98)83(5)43-58(91)79-54(30-28-49-27-29-52(53(74)38-49)73(75,76)77)66(97)87(9)55(40-50-24-21-33-78-42-50)65(96)81-72(31-19-20-32-72)71(102)89(11)63(51-25-17-14-18-26-51)70(101)88(10)57(68(99)90-34-36-103-37-35-90)41-59(92)85(7)47(3)64(95)80-62/h21,24,27,29,33,38,42,46-48,51,54-57,62-63H,12-20,22-23,25-26,28,30-32,34-37,39-41,43-45H2,1-11H3,(H,79,91)(H,80,95)(H,81,96)/t46-,47-,54-,55-,56-,57-,62-,63-/m0/s1. The van der Waals surface area contributed by atoms with Gasteiger partial charge in [-0.15, -0.1) is 0 Å². The minimum atomic E-state index is -4.79. The van der Waals surface area contributed by atoms with Crippen molar-refractivity contribution in [2.24, 2.45) is 17.8 Å². The van der Waals surface area contributed by atoms with E-state index in [2.05, 4.69) is 20.9 Å². The van der Waals surface area contributed by atoms with Crippen molar-refractivity contribution in [3.05, 3.63) is 64.4 Å². The fourth-order valence-electron chi connectivity index (χ4n) is 14.9. The van der Waals surface area contributed by atoms with Crippen LogP contribution in [0.15, 0.2) is 42.7 Å². The van der Waals surface area contributed by atoms with E-state index < -0.39 is 173 Å². The number of pyridine rings is 1. The van der Waals surface area contributed by atoms with E-state index in [1.54, 1.807) is 19.1 Å². The van der Waals surface area contributed by atoms with Gasteiger partial charge in [-0.05, 0) is 98.9 Å². The van der Waals surface area contributed by atoms with Gasteiger partial charge in [-0.25, -0.2) is 0 Å². The zero-order valence-corrected chi connectivity index (χ0v) is 62.5. The molecule has 2 saturated heterocycles. The minimum absolute atomic E-state index is 0.00299. The van der Waals surface area contributed by atoms with E-state index in [-0.39, 0.29) is 76.3 Å². The summed E-state index contributed by atoms with van der Waals surface area (Å²) in [7, 11) is 11.1. The van der Waals surface area contributed by atoms with Gasteiger partial charge in [0.25, 0.3) is 0 Å². The molecule has 2 aliphatic heterocycles. The second-order valence-electron chi connectivity index (χ2n) is 29.1. The second-order valence-corrected chi connectivity index (χ2v) is 29.5. The maximum absolute atomic E-state index is 15.9. The van der Waals surface area contributed by atoms with Crippen molar-refractivity contribution >= 4 is 82.5 Å². The number of hydrogen-bond acceptors (Lipinski definition) is 14. The molecule has 5 fully saturated rings. The first-order valence-electron chi connectivity index (χ1n) is 36.3. The summed E-state index contributed by atoms with van der Waals surface area (Å²) in [5.74, 6) is -9.39. The van der Waals surface area contributed by atoms with Crippen LogP contribution in [0.2, 0.25) is 5.02 Å². The van der Waals surface area contributed by atoms with Gasteiger partial charge >= 0.3 is 6.18 Å². The number of carbonyl (C=O) groups is 12. The molecule has 5 aliphatic rings.